The molecule has 1 aromatic rings. The summed E-state index contributed by atoms with van der Waals surface area (Å²) in [7, 11) is 0. The summed E-state index contributed by atoms with van der Waals surface area (Å²) >= 11 is 0. The fourth-order valence-electron chi connectivity index (χ4n) is 3.83. The monoisotopic (exact) mass is 457 g/mol. The molecule has 1 N–H and O–H groups in total. The van der Waals surface area contributed by atoms with Crippen molar-refractivity contribution < 1.29 is 35.9 Å². The van der Waals surface area contributed by atoms with Crippen LogP contribution >= 0.6 is 0 Å². The number of rotatable bonds is 3. The van der Waals surface area contributed by atoms with Crippen molar-refractivity contribution in [3.05, 3.63) is 59.2 Å². The quantitative estimate of drug-likeness (QED) is 0.461. The smallest absolute Gasteiger partial charge is 0.416 e. The molecule has 32 heavy (non-hydrogen) atoms. The van der Waals surface area contributed by atoms with Crippen LogP contribution in [0.25, 0.3) is 0 Å². The Morgan fingerprint density at radius 1 is 1.09 bits per heavy atom. The number of carbonyl (C=O) groups excluding carboxylic acids is 1. The van der Waals surface area contributed by atoms with E-state index in [1.165, 1.54) is 6.92 Å². The number of nitrogens with one attached hydrogen (secondary N) is 1. The Labute approximate surface area is 181 Å². The molecule has 1 aliphatic heterocycles. The maximum atomic E-state index is 13.1. The van der Waals surface area contributed by atoms with Gasteiger partial charge in [0.25, 0.3) is 0 Å². The first kappa shape index (κ1) is 23.8. The van der Waals surface area contributed by atoms with Gasteiger partial charge in [0.1, 0.15) is 17.7 Å². The average Bonchev–Trinajstić information content (AvgIpc) is 3.01. The van der Waals surface area contributed by atoms with E-state index >= 15 is 0 Å². The largest absolute Gasteiger partial charge is 0.439 e. The second-order valence-corrected chi connectivity index (χ2v) is 8.05. The SMILES string of the molecule is C[C@H]1C[C@@](C#CO[C@H](C)c2cc(C(F)(F)F)cc(C(F)(F)F)c2)(C2C=CC=CC2)NC1=O. The van der Waals surface area contributed by atoms with Crippen LogP contribution in [0, 0.1) is 23.9 Å². The van der Waals surface area contributed by atoms with Gasteiger partial charge in [0.15, 0.2) is 0 Å². The standard InChI is InChI=1S/C23H21F6NO2/c1-14-13-21(30-20(14)31,17-6-4-3-5-7-17)8-9-32-15(2)16-10-18(22(24,25)26)12-19(11-16)23(27,28)29/h3-6,10-12,14-15,17H,7,13H2,1-2H3,(H,30,31)/t14-,15+,17?,21-/m0/s1. The summed E-state index contributed by atoms with van der Waals surface area (Å²) < 4.78 is 83.9. The molecule has 2 aliphatic rings. The van der Waals surface area contributed by atoms with Crippen molar-refractivity contribution in [2.75, 3.05) is 0 Å². The van der Waals surface area contributed by atoms with E-state index in [1.807, 2.05) is 24.3 Å². The molecule has 1 fully saturated rings. The summed E-state index contributed by atoms with van der Waals surface area (Å²) in [6.45, 7) is 3.07. The zero-order valence-corrected chi connectivity index (χ0v) is 17.3. The van der Waals surface area contributed by atoms with E-state index in [2.05, 4.69) is 17.3 Å². The van der Waals surface area contributed by atoms with Gasteiger partial charge in [-0.25, -0.2) is 0 Å². The third kappa shape index (κ3) is 5.12. The first-order chi connectivity index (χ1) is 14.8. The van der Waals surface area contributed by atoms with Crippen molar-refractivity contribution in [1.82, 2.24) is 5.32 Å². The lowest BCUT2D eigenvalue weighted by molar-refractivity contribution is -0.143. The summed E-state index contributed by atoms with van der Waals surface area (Å²) in [6.07, 6.45) is -0.0812. The lowest BCUT2D eigenvalue weighted by Gasteiger charge is -2.31. The number of hydrogen-bond donors (Lipinski definition) is 1. The number of halogens is 6. The van der Waals surface area contributed by atoms with Crippen molar-refractivity contribution in [2.45, 2.75) is 50.7 Å². The normalized spacial score (nSPS) is 26.3. The van der Waals surface area contributed by atoms with Crippen LogP contribution in [0.5, 0.6) is 0 Å². The Balaban J connectivity index is 1.88. The third-order valence-corrected chi connectivity index (χ3v) is 5.62. The van der Waals surface area contributed by atoms with Crippen LogP contribution in [0.3, 0.4) is 0 Å². The highest BCUT2D eigenvalue weighted by Crippen LogP contribution is 2.38. The van der Waals surface area contributed by atoms with Crippen LogP contribution in [0.1, 0.15) is 49.5 Å². The van der Waals surface area contributed by atoms with E-state index in [9.17, 15) is 31.1 Å². The van der Waals surface area contributed by atoms with Crippen LogP contribution in [0.15, 0.2) is 42.5 Å². The second-order valence-electron chi connectivity index (χ2n) is 8.05. The summed E-state index contributed by atoms with van der Waals surface area (Å²) in [4.78, 5) is 12.1. The fraction of sp³-hybridized carbons (Fsp3) is 0.435. The summed E-state index contributed by atoms with van der Waals surface area (Å²) in [5.74, 6) is 2.27. The minimum atomic E-state index is -4.95. The maximum Gasteiger partial charge on any atom is 0.416 e. The van der Waals surface area contributed by atoms with E-state index in [0.29, 0.717) is 25.0 Å². The first-order valence-electron chi connectivity index (χ1n) is 9.94. The van der Waals surface area contributed by atoms with Gasteiger partial charge in [0, 0.05) is 11.8 Å². The van der Waals surface area contributed by atoms with Crippen molar-refractivity contribution in [3.8, 4) is 12.0 Å². The number of ether oxygens (including phenoxy) is 1. The number of hydrogen-bond acceptors (Lipinski definition) is 2. The van der Waals surface area contributed by atoms with E-state index in [4.69, 9.17) is 4.74 Å². The number of carbonyl (C=O) groups is 1. The van der Waals surface area contributed by atoms with Crippen molar-refractivity contribution >= 4 is 5.91 Å². The maximum absolute atomic E-state index is 13.1. The molecular weight excluding hydrogens is 436 g/mol. The number of benzene rings is 1. The van der Waals surface area contributed by atoms with Crippen LogP contribution in [0.4, 0.5) is 26.3 Å². The van der Waals surface area contributed by atoms with Crippen molar-refractivity contribution in [3.63, 3.8) is 0 Å². The molecule has 1 aromatic carbocycles. The van der Waals surface area contributed by atoms with E-state index < -0.39 is 35.1 Å². The van der Waals surface area contributed by atoms with Crippen LogP contribution < -0.4 is 5.32 Å². The third-order valence-electron chi connectivity index (χ3n) is 5.62. The van der Waals surface area contributed by atoms with Gasteiger partial charge in [-0.05, 0) is 49.4 Å². The Morgan fingerprint density at radius 3 is 2.19 bits per heavy atom. The minimum absolute atomic E-state index is 0.0648. The molecular formula is C23H21F6NO2. The predicted octanol–water partition coefficient (Wildman–Crippen LogP) is 5.79. The fourth-order valence-corrected chi connectivity index (χ4v) is 3.83. The van der Waals surface area contributed by atoms with Gasteiger partial charge >= 0.3 is 12.4 Å². The van der Waals surface area contributed by atoms with Crippen LogP contribution in [0.2, 0.25) is 0 Å². The molecule has 1 amide bonds. The summed E-state index contributed by atoms with van der Waals surface area (Å²) in [6, 6.07) is 1.30. The average molecular weight is 457 g/mol. The molecule has 172 valence electrons. The van der Waals surface area contributed by atoms with Crippen molar-refractivity contribution in [2.24, 2.45) is 11.8 Å². The Morgan fingerprint density at radius 2 is 1.72 bits per heavy atom. The van der Waals surface area contributed by atoms with Gasteiger partial charge in [-0.15, -0.1) is 0 Å². The van der Waals surface area contributed by atoms with Gasteiger partial charge in [-0.1, -0.05) is 31.2 Å². The predicted molar refractivity (Wildman–Crippen MR) is 105 cm³/mol. The molecule has 1 unspecified atom stereocenters. The molecule has 3 nitrogen and oxygen atoms in total. The topological polar surface area (TPSA) is 38.3 Å². The van der Waals surface area contributed by atoms with Gasteiger partial charge < -0.3 is 10.1 Å². The Hall–Kier alpha value is -2.89. The molecule has 0 radical (unpaired) electrons. The molecule has 4 atom stereocenters. The zero-order chi connectivity index (χ0) is 23.7. The Bertz CT molecular complexity index is 966. The minimum Gasteiger partial charge on any atom is -0.439 e. The molecule has 9 heteroatoms. The van der Waals surface area contributed by atoms with Crippen molar-refractivity contribution in [1.29, 1.82) is 0 Å². The number of amides is 1. The van der Waals surface area contributed by atoms with Gasteiger partial charge in [0.2, 0.25) is 5.91 Å². The first-order valence-corrected chi connectivity index (χ1v) is 9.94. The van der Waals surface area contributed by atoms with E-state index in [1.54, 1.807) is 6.92 Å². The molecule has 1 heterocycles. The Kier molecular flexibility index (Phi) is 6.36. The van der Waals surface area contributed by atoms with Crippen LogP contribution in [-0.4, -0.2) is 11.4 Å². The highest BCUT2D eigenvalue weighted by atomic mass is 19.4. The van der Waals surface area contributed by atoms with Gasteiger partial charge in [-0.3, -0.25) is 4.79 Å². The number of allylic oxidation sites excluding steroid dienone is 3. The zero-order valence-electron chi connectivity index (χ0n) is 17.3. The molecule has 0 aromatic heterocycles. The summed E-state index contributed by atoms with van der Waals surface area (Å²) in [5.41, 5.74) is -4.07. The molecule has 0 bridgehead atoms. The molecule has 1 saturated heterocycles. The highest BCUT2D eigenvalue weighted by Gasteiger charge is 2.46. The number of alkyl halides is 6. The van der Waals surface area contributed by atoms with E-state index in [-0.39, 0.29) is 29.4 Å². The summed E-state index contributed by atoms with van der Waals surface area (Å²) in [5, 5.41) is 2.88. The lowest BCUT2D eigenvalue weighted by Crippen LogP contribution is -2.46. The van der Waals surface area contributed by atoms with E-state index in [0.717, 1.165) is 0 Å². The molecule has 0 spiro atoms. The highest BCUT2D eigenvalue weighted by molar-refractivity contribution is 5.83. The van der Waals surface area contributed by atoms with Gasteiger partial charge in [0.05, 0.1) is 11.1 Å². The van der Waals surface area contributed by atoms with Crippen LogP contribution in [-0.2, 0) is 21.9 Å². The lowest BCUT2D eigenvalue weighted by atomic mass is 9.78. The molecule has 3 rings (SSSR count). The molecule has 0 saturated carbocycles. The van der Waals surface area contributed by atoms with Gasteiger partial charge in [-0.2, -0.15) is 26.3 Å². The molecule has 1 aliphatic carbocycles. The second kappa shape index (κ2) is 8.57.